The van der Waals surface area contributed by atoms with E-state index in [4.69, 9.17) is 4.74 Å². The standard InChI is InChI=1S/C17H21NOS/c1-12-10-14(11-16(19-5)13(12)2)6-7-15-8-9-17(20-15)18(3)4/h6-11H,1-5H3/b7-6+. The van der Waals surface area contributed by atoms with Gasteiger partial charge in [0.25, 0.3) is 0 Å². The number of aryl methyl sites for hydroxylation is 1. The van der Waals surface area contributed by atoms with E-state index in [0.29, 0.717) is 0 Å². The molecule has 3 heteroatoms. The van der Waals surface area contributed by atoms with Gasteiger partial charge in [-0.05, 0) is 54.8 Å². The number of benzene rings is 1. The number of anilines is 1. The lowest BCUT2D eigenvalue weighted by Crippen LogP contribution is -2.05. The molecule has 106 valence electrons. The Morgan fingerprint density at radius 2 is 1.85 bits per heavy atom. The smallest absolute Gasteiger partial charge is 0.122 e. The van der Waals surface area contributed by atoms with Gasteiger partial charge in [-0.3, -0.25) is 0 Å². The SMILES string of the molecule is COc1cc(/C=C/c2ccc(N(C)C)s2)cc(C)c1C. The summed E-state index contributed by atoms with van der Waals surface area (Å²) < 4.78 is 5.42. The zero-order chi connectivity index (χ0) is 14.7. The summed E-state index contributed by atoms with van der Waals surface area (Å²) in [4.78, 5) is 3.38. The highest BCUT2D eigenvalue weighted by atomic mass is 32.1. The van der Waals surface area contributed by atoms with Crippen molar-refractivity contribution in [3.05, 3.63) is 45.8 Å². The van der Waals surface area contributed by atoms with Crippen LogP contribution in [0.25, 0.3) is 12.2 Å². The van der Waals surface area contributed by atoms with Crippen molar-refractivity contribution in [2.75, 3.05) is 26.1 Å². The number of hydrogen-bond donors (Lipinski definition) is 0. The number of hydrogen-bond acceptors (Lipinski definition) is 3. The Kier molecular flexibility index (Phi) is 4.50. The number of thiophene rings is 1. The topological polar surface area (TPSA) is 12.5 Å². The van der Waals surface area contributed by atoms with Gasteiger partial charge < -0.3 is 9.64 Å². The normalized spacial score (nSPS) is 11.1. The van der Waals surface area contributed by atoms with Crippen molar-refractivity contribution in [2.24, 2.45) is 0 Å². The molecule has 0 N–H and O–H groups in total. The second-order valence-electron chi connectivity index (χ2n) is 5.07. The maximum Gasteiger partial charge on any atom is 0.122 e. The first-order valence-electron chi connectivity index (χ1n) is 6.61. The average molecular weight is 287 g/mol. The number of methoxy groups -OCH3 is 1. The van der Waals surface area contributed by atoms with E-state index in [0.717, 1.165) is 5.75 Å². The number of ether oxygens (including phenoxy) is 1. The van der Waals surface area contributed by atoms with E-state index in [2.05, 4.69) is 69.3 Å². The van der Waals surface area contributed by atoms with Crippen LogP contribution < -0.4 is 9.64 Å². The second kappa shape index (κ2) is 6.14. The molecule has 2 aromatic rings. The van der Waals surface area contributed by atoms with E-state index in [1.807, 2.05) is 0 Å². The second-order valence-corrected chi connectivity index (χ2v) is 6.16. The lowest BCUT2D eigenvalue weighted by molar-refractivity contribution is 0.411. The minimum absolute atomic E-state index is 0.949. The van der Waals surface area contributed by atoms with Gasteiger partial charge in [0.2, 0.25) is 0 Å². The zero-order valence-electron chi connectivity index (χ0n) is 12.7. The van der Waals surface area contributed by atoms with Gasteiger partial charge in [-0.25, -0.2) is 0 Å². The van der Waals surface area contributed by atoms with Crippen LogP contribution in [0.2, 0.25) is 0 Å². The van der Waals surface area contributed by atoms with E-state index in [9.17, 15) is 0 Å². The largest absolute Gasteiger partial charge is 0.496 e. The van der Waals surface area contributed by atoms with Crippen molar-refractivity contribution < 1.29 is 4.74 Å². The molecule has 2 rings (SSSR count). The quantitative estimate of drug-likeness (QED) is 0.814. The average Bonchev–Trinajstić information content (AvgIpc) is 2.89. The van der Waals surface area contributed by atoms with Crippen LogP contribution in [0.15, 0.2) is 24.3 Å². The molecule has 0 amide bonds. The molecular weight excluding hydrogens is 266 g/mol. The number of rotatable bonds is 4. The molecule has 0 saturated carbocycles. The van der Waals surface area contributed by atoms with Crippen LogP contribution in [0.1, 0.15) is 21.6 Å². The highest BCUT2D eigenvalue weighted by Crippen LogP contribution is 2.27. The van der Waals surface area contributed by atoms with Crippen LogP contribution in [0.5, 0.6) is 5.75 Å². The molecule has 0 aliphatic heterocycles. The highest BCUT2D eigenvalue weighted by molar-refractivity contribution is 7.16. The Hall–Kier alpha value is -1.74. The fourth-order valence-corrected chi connectivity index (χ4v) is 2.84. The van der Waals surface area contributed by atoms with Gasteiger partial charge in [-0.2, -0.15) is 0 Å². The summed E-state index contributed by atoms with van der Waals surface area (Å²) >= 11 is 1.79. The van der Waals surface area contributed by atoms with Crippen LogP contribution in [-0.4, -0.2) is 21.2 Å². The van der Waals surface area contributed by atoms with E-state index in [1.54, 1.807) is 18.4 Å². The maximum atomic E-state index is 5.42. The first kappa shape index (κ1) is 14.7. The summed E-state index contributed by atoms with van der Waals surface area (Å²) in [6.07, 6.45) is 4.29. The van der Waals surface area contributed by atoms with Crippen LogP contribution in [-0.2, 0) is 0 Å². The molecule has 2 nitrogen and oxygen atoms in total. The van der Waals surface area contributed by atoms with Gasteiger partial charge in [-0.15, -0.1) is 11.3 Å². The third kappa shape index (κ3) is 3.23. The van der Waals surface area contributed by atoms with Crippen molar-refractivity contribution >= 4 is 28.5 Å². The van der Waals surface area contributed by atoms with Gasteiger partial charge in [0, 0.05) is 19.0 Å². The molecule has 0 fully saturated rings. The van der Waals surface area contributed by atoms with Crippen LogP contribution in [0.3, 0.4) is 0 Å². The lowest BCUT2D eigenvalue weighted by atomic mass is 10.0. The molecule has 0 unspecified atom stereocenters. The predicted octanol–water partition coefficient (Wildman–Crippen LogP) is 4.61. The number of nitrogens with zero attached hydrogens (tertiary/aromatic N) is 1. The fraction of sp³-hybridized carbons (Fsp3) is 0.294. The van der Waals surface area contributed by atoms with Crippen LogP contribution in [0, 0.1) is 13.8 Å². The Labute approximate surface area is 125 Å². The maximum absolute atomic E-state index is 5.42. The molecule has 0 aliphatic carbocycles. The van der Waals surface area contributed by atoms with E-state index in [-0.39, 0.29) is 0 Å². The van der Waals surface area contributed by atoms with Gasteiger partial charge in [0.05, 0.1) is 12.1 Å². The molecule has 0 atom stereocenters. The molecule has 0 aliphatic rings. The molecule has 1 heterocycles. The van der Waals surface area contributed by atoms with Crippen molar-refractivity contribution in [1.29, 1.82) is 0 Å². The Morgan fingerprint density at radius 3 is 2.45 bits per heavy atom. The van der Waals surface area contributed by atoms with Gasteiger partial charge in [-0.1, -0.05) is 12.1 Å². The molecule has 0 bridgehead atoms. The minimum Gasteiger partial charge on any atom is -0.496 e. The van der Waals surface area contributed by atoms with Crippen molar-refractivity contribution in [1.82, 2.24) is 0 Å². The molecule has 0 radical (unpaired) electrons. The monoisotopic (exact) mass is 287 g/mol. The van der Waals surface area contributed by atoms with E-state index >= 15 is 0 Å². The van der Waals surface area contributed by atoms with Gasteiger partial charge in [0.1, 0.15) is 5.75 Å². The summed E-state index contributed by atoms with van der Waals surface area (Å²) in [5.41, 5.74) is 3.63. The van der Waals surface area contributed by atoms with Crippen molar-refractivity contribution in [3.63, 3.8) is 0 Å². The Bertz CT molecular complexity index is 626. The van der Waals surface area contributed by atoms with Crippen molar-refractivity contribution in [3.8, 4) is 5.75 Å². The van der Waals surface area contributed by atoms with Gasteiger partial charge in [0.15, 0.2) is 0 Å². The summed E-state index contributed by atoms with van der Waals surface area (Å²) in [5, 5.41) is 1.27. The molecular formula is C17H21NOS. The Morgan fingerprint density at radius 1 is 1.10 bits per heavy atom. The Balaban J connectivity index is 2.24. The summed E-state index contributed by atoms with van der Waals surface area (Å²) in [6.45, 7) is 4.20. The predicted molar refractivity (Wildman–Crippen MR) is 90.0 cm³/mol. The zero-order valence-corrected chi connectivity index (χ0v) is 13.5. The summed E-state index contributed by atoms with van der Waals surface area (Å²) in [7, 11) is 5.85. The molecule has 0 saturated heterocycles. The summed E-state index contributed by atoms with van der Waals surface area (Å²) in [6, 6.07) is 8.56. The first-order chi connectivity index (χ1) is 9.51. The third-order valence-corrected chi connectivity index (χ3v) is 4.57. The first-order valence-corrected chi connectivity index (χ1v) is 7.43. The molecule has 1 aromatic heterocycles. The lowest BCUT2D eigenvalue weighted by Gasteiger charge is -2.09. The highest BCUT2D eigenvalue weighted by Gasteiger charge is 2.03. The van der Waals surface area contributed by atoms with E-state index in [1.165, 1.54) is 26.6 Å². The summed E-state index contributed by atoms with van der Waals surface area (Å²) in [5.74, 6) is 0.949. The third-order valence-electron chi connectivity index (χ3n) is 3.36. The molecule has 1 aromatic carbocycles. The minimum atomic E-state index is 0.949. The van der Waals surface area contributed by atoms with Crippen LogP contribution >= 0.6 is 11.3 Å². The molecule has 0 spiro atoms. The van der Waals surface area contributed by atoms with Crippen molar-refractivity contribution in [2.45, 2.75) is 13.8 Å². The molecule has 20 heavy (non-hydrogen) atoms. The van der Waals surface area contributed by atoms with E-state index < -0.39 is 0 Å². The van der Waals surface area contributed by atoms with Gasteiger partial charge >= 0.3 is 0 Å². The van der Waals surface area contributed by atoms with Crippen LogP contribution in [0.4, 0.5) is 5.00 Å². The fourth-order valence-electron chi connectivity index (χ4n) is 2.01.